The van der Waals surface area contributed by atoms with E-state index in [2.05, 4.69) is 10.3 Å². The molecule has 0 saturated heterocycles. The zero-order valence-corrected chi connectivity index (χ0v) is 14.6. The molecule has 3 rings (SSSR count). The Morgan fingerprint density at radius 3 is 2.63 bits per heavy atom. The molecule has 1 aliphatic rings. The van der Waals surface area contributed by atoms with Crippen LogP contribution in [-0.2, 0) is 4.79 Å². The quantitative estimate of drug-likeness (QED) is 0.871. The van der Waals surface area contributed by atoms with Crippen molar-refractivity contribution < 1.29 is 18.0 Å². The smallest absolute Gasteiger partial charge is 0.298 e. The van der Waals surface area contributed by atoms with Crippen molar-refractivity contribution in [3.8, 4) is 6.07 Å². The van der Waals surface area contributed by atoms with E-state index in [9.17, 15) is 18.0 Å². The van der Waals surface area contributed by atoms with Crippen LogP contribution in [0.3, 0.4) is 0 Å². The summed E-state index contributed by atoms with van der Waals surface area (Å²) in [6.07, 6.45) is 0.0505. The zero-order chi connectivity index (χ0) is 19.8. The molecule has 0 aliphatic heterocycles. The number of carbonyl (C=O) groups excluding carboxylic acids is 1. The molecule has 6 nitrogen and oxygen atoms in total. The van der Waals surface area contributed by atoms with Crippen molar-refractivity contribution in [3.05, 3.63) is 42.0 Å². The second-order valence-electron chi connectivity index (χ2n) is 6.31. The van der Waals surface area contributed by atoms with Crippen molar-refractivity contribution in [3.63, 3.8) is 0 Å². The van der Waals surface area contributed by atoms with Gasteiger partial charge in [0.05, 0.1) is 29.1 Å². The Kier molecular flexibility index (Phi) is 4.76. The van der Waals surface area contributed by atoms with E-state index in [1.165, 1.54) is 14.1 Å². The monoisotopic (exact) mass is 375 g/mol. The van der Waals surface area contributed by atoms with Crippen LogP contribution in [0.2, 0.25) is 0 Å². The summed E-state index contributed by atoms with van der Waals surface area (Å²) in [7, 11) is 2.54. The van der Waals surface area contributed by atoms with Crippen molar-refractivity contribution in [2.24, 2.45) is 0 Å². The summed E-state index contributed by atoms with van der Waals surface area (Å²) < 4.78 is 40.9. The van der Waals surface area contributed by atoms with Crippen LogP contribution in [0.15, 0.2) is 36.4 Å². The molecule has 2 aromatic rings. The molecule has 1 amide bonds. The lowest BCUT2D eigenvalue weighted by Gasteiger charge is -2.26. The number of nitriles is 1. The third-order valence-corrected chi connectivity index (χ3v) is 4.21. The fourth-order valence-corrected chi connectivity index (χ4v) is 2.76. The van der Waals surface area contributed by atoms with Gasteiger partial charge in [0.25, 0.3) is 0 Å². The molecule has 1 atom stereocenters. The maximum absolute atomic E-state index is 13.1. The molecular formula is C18H16F3N5O. The SMILES string of the molecule is CN(C)C(CC(=O)Nc1nc2ccc(C#N)cc2n1C1=CC=C1)C(F)(F)F. The van der Waals surface area contributed by atoms with E-state index < -0.39 is 24.5 Å². The number of amides is 1. The molecular weight excluding hydrogens is 359 g/mol. The predicted molar refractivity (Wildman–Crippen MR) is 94.6 cm³/mol. The van der Waals surface area contributed by atoms with Crippen LogP contribution < -0.4 is 5.32 Å². The van der Waals surface area contributed by atoms with Gasteiger partial charge < -0.3 is 0 Å². The van der Waals surface area contributed by atoms with E-state index in [-0.39, 0.29) is 5.95 Å². The molecule has 1 aromatic heterocycles. The summed E-state index contributed by atoms with van der Waals surface area (Å²) in [5.74, 6) is -0.688. The number of allylic oxidation sites excluding steroid dienone is 4. The highest BCUT2D eigenvalue weighted by Crippen LogP contribution is 2.30. The molecule has 27 heavy (non-hydrogen) atoms. The van der Waals surface area contributed by atoms with Crippen molar-refractivity contribution in [1.29, 1.82) is 5.26 Å². The number of alkyl halides is 3. The van der Waals surface area contributed by atoms with E-state index in [0.717, 1.165) is 4.90 Å². The summed E-state index contributed by atoms with van der Waals surface area (Å²) in [4.78, 5) is 17.5. The van der Waals surface area contributed by atoms with E-state index in [1.807, 2.05) is 6.07 Å². The minimum absolute atomic E-state index is 0.111. The van der Waals surface area contributed by atoms with Crippen molar-refractivity contribution in [2.75, 3.05) is 19.4 Å². The highest BCUT2D eigenvalue weighted by atomic mass is 19.4. The van der Waals surface area contributed by atoms with Gasteiger partial charge in [-0.05, 0) is 44.4 Å². The van der Waals surface area contributed by atoms with Crippen molar-refractivity contribution in [2.45, 2.75) is 18.6 Å². The zero-order valence-electron chi connectivity index (χ0n) is 14.6. The third kappa shape index (κ3) is 3.71. The number of hydrogen-bond acceptors (Lipinski definition) is 4. The number of halogens is 3. The van der Waals surface area contributed by atoms with Crippen LogP contribution in [0.5, 0.6) is 0 Å². The van der Waals surface area contributed by atoms with E-state index in [4.69, 9.17) is 5.26 Å². The molecule has 1 aromatic carbocycles. The lowest BCUT2D eigenvalue weighted by atomic mass is 10.1. The lowest BCUT2D eigenvalue weighted by molar-refractivity contribution is -0.180. The number of nitrogens with one attached hydrogen (secondary N) is 1. The Balaban J connectivity index is 1.93. The summed E-state index contributed by atoms with van der Waals surface area (Å²) >= 11 is 0. The first kappa shape index (κ1) is 18.7. The Hall–Kier alpha value is -3.12. The Morgan fingerprint density at radius 2 is 2.11 bits per heavy atom. The molecule has 0 bridgehead atoms. The molecule has 0 radical (unpaired) electrons. The van der Waals surface area contributed by atoms with Gasteiger partial charge in [-0.3, -0.25) is 19.6 Å². The number of imidazole rings is 1. The number of aromatic nitrogens is 2. The maximum atomic E-state index is 13.1. The number of rotatable bonds is 5. The fraction of sp³-hybridized carbons (Fsp3) is 0.278. The van der Waals surface area contributed by atoms with E-state index in [1.54, 1.807) is 41.0 Å². The number of carbonyl (C=O) groups is 1. The first-order valence-corrected chi connectivity index (χ1v) is 8.05. The Morgan fingerprint density at radius 1 is 1.41 bits per heavy atom. The summed E-state index contributed by atoms with van der Waals surface area (Å²) in [6, 6.07) is 4.96. The van der Waals surface area contributed by atoms with Crippen LogP contribution in [0.25, 0.3) is 16.7 Å². The van der Waals surface area contributed by atoms with Crippen LogP contribution in [0.1, 0.15) is 12.0 Å². The molecule has 0 spiro atoms. The summed E-state index contributed by atoms with van der Waals surface area (Å²) in [6.45, 7) is 0. The van der Waals surface area contributed by atoms with Gasteiger partial charge in [-0.1, -0.05) is 6.08 Å². The molecule has 9 heteroatoms. The highest BCUT2D eigenvalue weighted by molar-refractivity contribution is 5.95. The molecule has 1 unspecified atom stereocenters. The van der Waals surface area contributed by atoms with Gasteiger partial charge in [0.1, 0.15) is 6.04 Å². The van der Waals surface area contributed by atoms with Crippen LogP contribution in [0, 0.1) is 11.3 Å². The lowest BCUT2D eigenvalue weighted by Crippen LogP contribution is -2.43. The second kappa shape index (κ2) is 6.89. The van der Waals surface area contributed by atoms with Gasteiger partial charge in [0.2, 0.25) is 11.9 Å². The third-order valence-electron chi connectivity index (χ3n) is 4.21. The molecule has 1 aliphatic carbocycles. The standard InChI is InChI=1S/C18H16F3N5O/c1-25(2)15(18(19,20)21)9-16(27)24-17-23-13-7-6-11(10-22)8-14(13)26(17)12-4-3-5-12/h3-8,15H,9H2,1-2H3,(H,23,24,27). The van der Waals surface area contributed by atoms with Crippen LogP contribution >= 0.6 is 0 Å². The Labute approximate surface area is 153 Å². The summed E-state index contributed by atoms with van der Waals surface area (Å²) in [5, 5.41) is 11.6. The van der Waals surface area contributed by atoms with Gasteiger partial charge in [-0.2, -0.15) is 18.4 Å². The number of hydrogen-bond donors (Lipinski definition) is 1. The van der Waals surface area contributed by atoms with Gasteiger partial charge in [0.15, 0.2) is 0 Å². The maximum Gasteiger partial charge on any atom is 0.404 e. The largest absolute Gasteiger partial charge is 0.404 e. The number of benzene rings is 1. The van der Waals surface area contributed by atoms with Crippen LogP contribution in [0.4, 0.5) is 19.1 Å². The predicted octanol–water partition coefficient (Wildman–Crippen LogP) is 3.14. The van der Waals surface area contributed by atoms with Crippen molar-refractivity contribution >= 4 is 28.6 Å². The first-order valence-electron chi connectivity index (χ1n) is 8.05. The van der Waals surface area contributed by atoms with Gasteiger partial charge in [0, 0.05) is 5.70 Å². The van der Waals surface area contributed by atoms with E-state index >= 15 is 0 Å². The number of anilines is 1. The Bertz CT molecular complexity index is 995. The van der Waals surface area contributed by atoms with Crippen LogP contribution in [-0.4, -0.2) is 46.7 Å². The second-order valence-corrected chi connectivity index (χ2v) is 6.31. The van der Waals surface area contributed by atoms with Crippen molar-refractivity contribution in [1.82, 2.24) is 14.5 Å². The molecule has 140 valence electrons. The minimum Gasteiger partial charge on any atom is -0.298 e. The highest BCUT2D eigenvalue weighted by Gasteiger charge is 2.42. The minimum atomic E-state index is -4.53. The molecule has 0 fully saturated rings. The number of fused-ring (bicyclic) bond motifs is 1. The normalized spacial score (nSPS) is 14.6. The van der Waals surface area contributed by atoms with Gasteiger partial charge in [-0.15, -0.1) is 0 Å². The number of nitrogens with zero attached hydrogens (tertiary/aromatic N) is 4. The molecule has 1 heterocycles. The fourth-order valence-electron chi connectivity index (χ4n) is 2.76. The summed E-state index contributed by atoms with van der Waals surface area (Å²) in [5.41, 5.74) is 2.23. The van der Waals surface area contributed by atoms with Gasteiger partial charge in [-0.25, -0.2) is 4.98 Å². The average Bonchev–Trinajstić information content (AvgIpc) is 2.87. The topological polar surface area (TPSA) is 74.0 Å². The first-order chi connectivity index (χ1) is 12.7. The van der Waals surface area contributed by atoms with Gasteiger partial charge >= 0.3 is 6.18 Å². The van der Waals surface area contributed by atoms with E-state index in [0.29, 0.717) is 22.3 Å². The molecule has 0 saturated carbocycles. The average molecular weight is 375 g/mol. The molecule has 1 N–H and O–H groups in total.